The van der Waals surface area contributed by atoms with Crippen molar-refractivity contribution in [2.45, 2.75) is 13.3 Å². The summed E-state index contributed by atoms with van der Waals surface area (Å²) in [7, 11) is 0. The molecule has 0 radical (unpaired) electrons. The van der Waals surface area contributed by atoms with E-state index in [0.29, 0.717) is 6.42 Å². The fourth-order valence-corrected chi connectivity index (χ4v) is 2.18. The molecule has 1 aromatic carbocycles. The Bertz CT molecular complexity index is 537. The smallest absolute Gasteiger partial charge is 0.169 e. The molecule has 86 valence electrons. The highest BCUT2D eigenvalue weighted by Gasteiger charge is 2.10. The summed E-state index contributed by atoms with van der Waals surface area (Å²) in [4.78, 5) is 16.3. The highest BCUT2D eigenvalue weighted by Crippen LogP contribution is 2.17. The lowest BCUT2D eigenvalue weighted by atomic mass is 10.0. The number of nitrogens with zero attached hydrogens (tertiary/aromatic N) is 1. The lowest BCUT2D eigenvalue weighted by molar-refractivity contribution is 0.0991. The van der Waals surface area contributed by atoms with E-state index in [0.717, 1.165) is 21.3 Å². The number of hydrogen-bond donors (Lipinski definition) is 0. The van der Waals surface area contributed by atoms with Crippen LogP contribution in [0.5, 0.6) is 0 Å². The summed E-state index contributed by atoms with van der Waals surface area (Å²) in [6.45, 7) is 1.94. The number of carbonyl (C=O) groups is 1. The predicted octanol–water partition coefficient (Wildman–Crippen LogP) is 3.58. The molecule has 0 saturated heterocycles. The average Bonchev–Trinajstić information content (AvgIpc) is 2.30. The van der Waals surface area contributed by atoms with Crippen molar-refractivity contribution in [2.24, 2.45) is 0 Å². The molecule has 2 nitrogen and oxygen atoms in total. The Morgan fingerprint density at radius 1 is 1.29 bits per heavy atom. The van der Waals surface area contributed by atoms with Crippen molar-refractivity contribution in [2.75, 3.05) is 0 Å². The summed E-state index contributed by atoms with van der Waals surface area (Å²) in [5, 5.41) is 0. The van der Waals surface area contributed by atoms with E-state index < -0.39 is 0 Å². The average molecular weight is 290 g/mol. The number of pyridine rings is 1. The van der Waals surface area contributed by atoms with Crippen LogP contribution in [0.4, 0.5) is 0 Å². The third-order valence-electron chi connectivity index (χ3n) is 2.56. The van der Waals surface area contributed by atoms with Gasteiger partial charge in [-0.25, -0.2) is 0 Å². The van der Waals surface area contributed by atoms with Gasteiger partial charge in [-0.15, -0.1) is 0 Å². The van der Waals surface area contributed by atoms with Gasteiger partial charge in [-0.2, -0.15) is 0 Å². The van der Waals surface area contributed by atoms with E-state index in [1.165, 1.54) is 0 Å². The zero-order chi connectivity index (χ0) is 12.3. The summed E-state index contributed by atoms with van der Waals surface area (Å²) in [6, 6.07) is 11.3. The second-order valence-electron chi connectivity index (χ2n) is 3.88. The molecule has 0 spiro atoms. The SMILES string of the molecule is Cc1cc(Br)ccc1C(=O)Cc1ccccn1. The molecule has 0 aliphatic heterocycles. The highest BCUT2D eigenvalue weighted by molar-refractivity contribution is 9.10. The van der Waals surface area contributed by atoms with E-state index >= 15 is 0 Å². The first-order valence-corrected chi connectivity index (χ1v) is 6.15. The monoisotopic (exact) mass is 289 g/mol. The Balaban J connectivity index is 2.21. The lowest BCUT2D eigenvalue weighted by Crippen LogP contribution is -2.06. The maximum absolute atomic E-state index is 12.1. The Hall–Kier alpha value is -1.48. The summed E-state index contributed by atoms with van der Waals surface area (Å²) in [5.41, 5.74) is 2.55. The van der Waals surface area contributed by atoms with Crippen LogP contribution in [0.15, 0.2) is 47.1 Å². The topological polar surface area (TPSA) is 30.0 Å². The van der Waals surface area contributed by atoms with Crippen molar-refractivity contribution in [3.05, 3.63) is 63.9 Å². The van der Waals surface area contributed by atoms with E-state index in [1.807, 2.05) is 43.3 Å². The molecule has 0 aliphatic carbocycles. The molecule has 0 bridgehead atoms. The quantitative estimate of drug-likeness (QED) is 0.809. The first-order chi connectivity index (χ1) is 8.16. The van der Waals surface area contributed by atoms with E-state index in [1.54, 1.807) is 6.20 Å². The molecule has 0 atom stereocenters. The maximum atomic E-state index is 12.1. The minimum atomic E-state index is 0.105. The summed E-state index contributed by atoms with van der Waals surface area (Å²) in [6.07, 6.45) is 2.06. The number of ketones is 1. The molecule has 1 heterocycles. The summed E-state index contributed by atoms with van der Waals surface area (Å²) < 4.78 is 0.990. The Morgan fingerprint density at radius 2 is 2.12 bits per heavy atom. The van der Waals surface area contributed by atoms with Crippen molar-refractivity contribution in [1.82, 2.24) is 4.98 Å². The van der Waals surface area contributed by atoms with Gasteiger partial charge in [0.15, 0.2) is 5.78 Å². The molecule has 3 heteroatoms. The van der Waals surface area contributed by atoms with Crippen molar-refractivity contribution < 1.29 is 4.79 Å². The first-order valence-electron chi connectivity index (χ1n) is 5.36. The van der Waals surface area contributed by atoms with Gasteiger partial charge >= 0.3 is 0 Å². The highest BCUT2D eigenvalue weighted by atomic mass is 79.9. The number of Topliss-reactive ketones (excluding diaryl/α,β-unsaturated/α-hetero) is 1. The molecule has 2 rings (SSSR count). The number of halogens is 1. The second-order valence-corrected chi connectivity index (χ2v) is 4.80. The minimum Gasteiger partial charge on any atom is -0.294 e. The molecule has 2 aromatic rings. The third-order valence-corrected chi connectivity index (χ3v) is 3.05. The fourth-order valence-electron chi connectivity index (χ4n) is 1.70. The number of aromatic nitrogens is 1. The third kappa shape index (κ3) is 3.01. The molecule has 17 heavy (non-hydrogen) atoms. The van der Waals surface area contributed by atoms with E-state index in [9.17, 15) is 4.79 Å². The van der Waals surface area contributed by atoms with Crippen molar-refractivity contribution in [3.63, 3.8) is 0 Å². The standard InChI is InChI=1S/C14H12BrNO/c1-10-8-11(15)5-6-13(10)14(17)9-12-4-2-3-7-16-12/h2-8H,9H2,1H3. The van der Waals surface area contributed by atoms with E-state index in [4.69, 9.17) is 0 Å². The van der Waals surface area contributed by atoms with Gasteiger partial charge in [-0.3, -0.25) is 9.78 Å². The van der Waals surface area contributed by atoms with Gasteiger partial charge in [0.1, 0.15) is 0 Å². The molecule has 0 saturated carbocycles. The molecule has 0 N–H and O–H groups in total. The van der Waals surface area contributed by atoms with Gasteiger partial charge < -0.3 is 0 Å². The van der Waals surface area contributed by atoms with Crippen LogP contribution >= 0.6 is 15.9 Å². The summed E-state index contributed by atoms with van der Waals surface area (Å²) >= 11 is 3.39. The van der Waals surface area contributed by atoms with Crippen molar-refractivity contribution in [1.29, 1.82) is 0 Å². The van der Waals surface area contributed by atoms with Gasteiger partial charge in [0.25, 0.3) is 0 Å². The van der Waals surface area contributed by atoms with Crippen LogP contribution in [0.2, 0.25) is 0 Å². The van der Waals surface area contributed by atoms with Crippen LogP contribution in [-0.2, 0) is 6.42 Å². The second kappa shape index (κ2) is 5.23. The van der Waals surface area contributed by atoms with Gasteiger partial charge in [0.2, 0.25) is 0 Å². The largest absolute Gasteiger partial charge is 0.294 e. The van der Waals surface area contributed by atoms with Crippen LogP contribution in [0, 0.1) is 6.92 Å². The number of carbonyl (C=O) groups excluding carboxylic acids is 1. The molecule has 1 aromatic heterocycles. The molecule has 0 aliphatic rings. The van der Waals surface area contributed by atoms with Gasteiger partial charge in [0.05, 0.1) is 6.42 Å². The molecule has 0 unspecified atom stereocenters. The zero-order valence-electron chi connectivity index (χ0n) is 9.48. The number of benzene rings is 1. The van der Waals surface area contributed by atoms with Crippen molar-refractivity contribution in [3.8, 4) is 0 Å². The lowest BCUT2D eigenvalue weighted by Gasteiger charge is -2.05. The minimum absolute atomic E-state index is 0.105. The van der Waals surface area contributed by atoms with E-state index in [2.05, 4.69) is 20.9 Å². The van der Waals surface area contributed by atoms with Gasteiger partial charge in [0, 0.05) is 21.9 Å². The van der Waals surface area contributed by atoms with Gasteiger partial charge in [-0.1, -0.05) is 28.1 Å². The van der Waals surface area contributed by atoms with Crippen LogP contribution in [0.3, 0.4) is 0 Å². The predicted molar refractivity (Wildman–Crippen MR) is 71.2 cm³/mol. The summed E-state index contributed by atoms with van der Waals surface area (Å²) in [5.74, 6) is 0.105. The van der Waals surface area contributed by atoms with Crippen molar-refractivity contribution >= 4 is 21.7 Å². The zero-order valence-corrected chi connectivity index (χ0v) is 11.1. The van der Waals surface area contributed by atoms with E-state index in [-0.39, 0.29) is 5.78 Å². The molecular weight excluding hydrogens is 278 g/mol. The number of aryl methyl sites for hydroxylation is 1. The number of hydrogen-bond acceptors (Lipinski definition) is 2. The van der Waals surface area contributed by atoms with Gasteiger partial charge in [-0.05, 0) is 36.8 Å². The molecular formula is C14H12BrNO. The Labute approximate surface area is 109 Å². The van der Waals surface area contributed by atoms with Crippen LogP contribution in [0.25, 0.3) is 0 Å². The van der Waals surface area contributed by atoms with Crippen LogP contribution < -0.4 is 0 Å². The maximum Gasteiger partial charge on any atom is 0.169 e. The van der Waals surface area contributed by atoms with Crippen LogP contribution in [-0.4, -0.2) is 10.8 Å². The number of rotatable bonds is 3. The molecule has 0 amide bonds. The normalized spacial score (nSPS) is 10.2. The fraction of sp³-hybridized carbons (Fsp3) is 0.143. The Kier molecular flexibility index (Phi) is 3.69. The Morgan fingerprint density at radius 3 is 2.76 bits per heavy atom. The molecule has 0 fully saturated rings. The van der Waals surface area contributed by atoms with Crippen LogP contribution in [0.1, 0.15) is 21.6 Å². The first kappa shape index (κ1) is 12.0.